The maximum atomic E-state index is 5.57. The average Bonchev–Trinajstić information content (AvgIpc) is 3.24. The van der Waals surface area contributed by atoms with E-state index in [9.17, 15) is 0 Å². The number of ether oxygens (including phenoxy) is 1. The first-order chi connectivity index (χ1) is 11.9. The Kier molecular flexibility index (Phi) is 4.08. The lowest BCUT2D eigenvalue weighted by Gasteiger charge is -2.22. The first kappa shape index (κ1) is 16.6. The van der Waals surface area contributed by atoms with E-state index in [1.807, 2.05) is 0 Å². The number of anilines is 2. The highest BCUT2D eigenvalue weighted by Crippen LogP contribution is 2.31. The topological polar surface area (TPSA) is 68.9 Å². The summed E-state index contributed by atoms with van der Waals surface area (Å²) in [6.45, 7) is 12.3. The van der Waals surface area contributed by atoms with Crippen LogP contribution in [-0.4, -0.2) is 39.3 Å². The molecule has 2 unspecified atom stereocenters. The minimum Gasteiger partial charge on any atom is -0.379 e. The number of hydrogen-bond acceptors (Lipinski definition) is 5. The fourth-order valence-electron chi connectivity index (χ4n) is 3.65. The largest absolute Gasteiger partial charge is 0.379 e. The van der Waals surface area contributed by atoms with Gasteiger partial charge in [-0.15, -0.1) is 0 Å². The van der Waals surface area contributed by atoms with E-state index in [1.54, 1.807) is 0 Å². The lowest BCUT2D eigenvalue weighted by Crippen LogP contribution is -2.31. The van der Waals surface area contributed by atoms with Crippen molar-refractivity contribution >= 4 is 11.6 Å². The molecule has 2 atom stereocenters. The van der Waals surface area contributed by atoms with Crippen LogP contribution in [0.3, 0.4) is 0 Å². The first-order valence-electron chi connectivity index (χ1n) is 9.18. The van der Waals surface area contributed by atoms with E-state index in [0.29, 0.717) is 12.1 Å². The van der Waals surface area contributed by atoms with Crippen LogP contribution in [-0.2, 0) is 16.7 Å². The molecule has 2 aliphatic rings. The molecule has 1 fully saturated rings. The predicted molar refractivity (Wildman–Crippen MR) is 97.3 cm³/mol. The fraction of sp³-hybridized carbons (Fsp3) is 0.667. The minimum atomic E-state index is 0.0292. The number of aromatic nitrogens is 4. The molecule has 0 bridgehead atoms. The van der Waals surface area contributed by atoms with E-state index in [2.05, 4.69) is 64.9 Å². The Morgan fingerprint density at radius 1 is 1.24 bits per heavy atom. The molecule has 7 nitrogen and oxygen atoms in total. The van der Waals surface area contributed by atoms with Crippen molar-refractivity contribution in [3.8, 4) is 0 Å². The third-order valence-corrected chi connectivity index (χ3v) is 5.04. The molecule has 0 radical (unpaired) electrons. The van der Waals surface area contributed by atoms with Gasteiger partial charge in [0.1, 0.15) is 0 Å². The summed E-state index contributed by atoms with van der Waals surface area (Å²) >= 11 is 0. The number of rotatable bonds is 3. The highest BCUT2D eigenvalue weighted by Gasteiger charge is 2.28. The second kappa shape index (κ2) is 6.14. The van der Waals surface area contributed by atoms with Crippen molar-refractivity contribution in [2.24, 2.45) is 0 Å². The van der Waals surface area contributed by atoms with Gasteiger partial charge in [-0.3, -0.25) is 9.36 Å². The fourth-order valence-corrected chi connectivity index (χ4v) is 3.65. The Morgan fingerprint density at radius 3 is 2.72 bits per heavy atom. The first-order valence-corrected chi connectivity index (χ1v) is 9.18. The van der Waals surface area contributed by atoms with E-state index in [-0.39, 0.29) is 5.41 Å². The Morgan fingerprint density at radius 2 is 2.04 bits per heavy atom. The molecular formula is C18H28N6O. The van der Waals surface area contributed by atoms with Crippen LogP contribution in [0, 0.1) is 0 Å². The van der Waals surface area contributed by atoms with Gasteiger partial charge >= 0.3 is 0 Å². The standard InChI is InChI=1S/C18H28N6O/c1-12-14-9-16(21-23(14)7-6-19-12)20-17-10-15(18(2,3)4)24(22-17)13-5-8-25-11-13/h9-10,12-13,19H,5-8,11H2,1-4H3,(H,20,21,22). The number of hydrogen-bond donors (Lipinski definition) is 2. The van der Waals surface area contributed by atoms with Crippen molar-refractivity contribution in [3.63, 3.8) is 0 Å². The van der Waals surface area contributed by atoms with E-state index in [1.165, 1.54) is 11.4 Å². The molecular weight excluding hydrogens is 316 g/mol. The summed E-state index contributed by atoms with van der Waals surface area (Å²) in [7, 11) is 0. The highest BCUT2D eigenvalue weighted by molar-refractivity contribution is 5.53. The maximum absolute atomic E-state index is 5.57. The Balaban J connectivity index is 1.62. The molecule has 7 heteroatoms. The van der Waals surface area contributed by atoms with Gasteiger partial charge in [-0.2, -0.15) is 10.2 Å². The predicted octanol–water partition coefficient (Wildman–Crippen LogP) is 2.75. The van der Waals surface area contributed by atoms with Crippen molar-refractivity contribution in [3.05, 3.63) is 23.5 Å². The molecule has 0 saturated carbocycles. The lowest BCUT2D eigenvalue weighted by molar-refractivity contribution is 0.183. The van der Waals surface area contributed by atoms with Crippen LogP contribution in [0.4, 0.5) is 11.6 Å². The van der Waals surface area contributed by atoms with Crippen LogP contribution in [0.25, 0.3) is 0 Å². The van der Waals surface area contributed by atoms with Gasteiger partial charge in [-0.1, -0.05) is 20.8 Å². The Labute approximate surface area is 148 Å². The molecule has 0 aromatic carbocycles. The second-order valence-electron chi connectivity index (χ2n) is 8.11. The van der Waals surface area contributed by atoms with E-state index < -0.39 is 0 Å². The minimum absolute atomic E-state index is 0.0292. The Bertz CT molecular complexity index is 750. The van der Waals surface area contributed by atoms with E-state index in [0.717, 1.165) is 44.4 Å². The van der Waals surface area contributed by atoms with Gasteiger partial charge in [0.2, 0.25) is 0 Å². The lowest BCUT2D eigenvalue weighted by atomic mass is 9.91. The van der Waals surface area contributed by atoms with Gasteiger partial charge in [-0.05, 0) is 13.3 Å². The summed E-state index contributed by atoms with van der Waals surface area (Å²) in [5, 5.41) is 16.4. The maximum Gasteiger partial charge on any atom is 0.153 e. The zero-order valence-corrected chi connectivity index (χ0v) is 15.5. The van der Waals surface area contributed by atoms with Gasteiger partial charge < -0.3 is 15.4 Å². The molecule has 0 aliphatic carbocycles. The molecule has 4 rings (SSSR count). The van der Waals surface area contributed by atoms with Crippen molar-refractivity contribution in [2.75, 3.05) is 25.1 Å². The number of nitrogens with one attached hydrogen (secondary N) is 2. The van der Waals surface area contributed by atoms with Crippen LogP contribution in [0.2, 0.25) is 0 Å². The van der Waals surface area contributed by atoms with Crippen molar-refractivity contribution < 1.29 is 4.74 Å². The quantitative estimate of drug-likeness (QED) is 0.896. The number of nitrogens with zero attached hydrogens (tertiary/aromatic N) is 4. The SMILES string of the molecule is CC1NCCn2nc(Nc3cc(C(C)(C)C)n(C4CCOC4)n3)cc21. The summed E-state index contributed by atoms with van der Waals surface area (Å²) in [4.78, 5) is 0. The van der Waals surface area contributed by atoms with E-state index >= 15 is 0 Å². The molecule has 2 aromatic heterocycles. The van der Waals surface area contributed by atoms with Gasteiger partial charge in [0.15, 0.2) is 11.6 Å². The summed E-state index contributed by atoms with van der Waals surface area (Å²) in [6, 6.07) is 4.92. The van der Waals surface area contributed by atoms with Crippen molar-refractivity contribution in [1.82, 2.24) is 24.9 Å². The van der Waals surface area contributed by atoms with Gasteiger partial charge in [0.05, 0.1) is 24.9 Å². The monoisotopic (exact) mass is 344 g/mol. The molecule has 0 spiro atoms. The molecule has 136 valence electrons. The van der Waals surface area contributed by atoms with E-state index in [4.69, 9.17) is 9.84 Å². The van der Waals surface area contributed by atoms with Gasteiger partial charge in [0, 0.05) is 42.4 Å². The van der Waals surface area contributed by atoms with Crippen molar-refractivity contribution in [1.29, 1.82) is 0 Å². The van der Waals surface area contributed by atoms with Crippen LogP contribution in [0.15, 0.2) is 12.1 Å². The normalized spacial score (nSPS) is 23.7. The second-order valence-corrected chi connectivity index (χ2v) is 8.11. The molecule has 4 heterocycles. The molecule has 2 aliphatic heterocycles. The molecule has 2 aromatic rings. The molecule has 25 heavy (non-hydrogen) atoms. The Hall–Kier alpha value is -1.86. The number of fused-ring (bicyclic) bond motifs is 1. The molecule has 2 N–H and O–H groups in total. The molecule has 1 saturated heterocycles. The van der Waals surface area contributed by atoms with Crippen LogP contribution < -0.4 is 10.6 Å². The van der Waals surface area contributed by atoms with Crippen LogP contribution in [0.1, 0.15) is 57.6 Å². The van der Waals surface area contributed by atoms with Crippen LogP contribution in [0.5, 0.6) is 0 Å². The zero-order chi connectivity index (χ0) is 17.6. The van der Waals surface area contributed by atoms with Gasteiger partial charge in [-0.25, -0.2) is 0 Å². The zero-order valence-electron chi connectivity index (χ0n) is 15.5. The smallest absolute Gasteiger partial charge is 0.153 e. The molecule has 0 amide bonds. The summed E-state index contributed by atoms with van der Waals surface area (Å²) in [5.74, 6) is 1.71. The third kappa shape index (κ3) is 3.18. The third-order valence-electron chi connectivity index (χ3n) is 5.04. The average molecular weight is 344 g/mol. The van der Waals surface area contributed by atoms with Crippen LogP contribution >= 0.6 is 0 Å². The van der Waals surface area contributed by atoms with Crippen molar-refractivity contribution in [2.45, 2.75) is 58.2 Å². The summed E-state index contributed by atoms with van der Waals surface area (Å²) < 4.78 is 9.80. The summed E-state index contributed by atoms with van der Waals surface area (Å²) in [6.07, 6.45) is 1.02. The highest BCUT2D eigenvalue weighted by atomic mass is 16.5. The summed E-state index contributed by atoms with van der Waals surface area (Å²) in [5.41, 5.74) is 2.47. The van der Waals surface area contributed by atoms with Gasteiger partial charge in [0.25, 0.3) is 0 Å².